The van der Waals surface area contributed by atoms with E-state index in [1.54, 1.807) is 28.1 Å². The van der Waals surface area contributed by atoms with E-state index < -0.39 is 57.8 Å². The van der Waals surface area contributed by atoms with E-state index in [0.717, 1.165) is 27.0 Å². The minimum absolute atomic E-state index is 0.269. The lowest BCUT2D eigenvalue weighted by molar-refractivity contribution is -0.0529. The number of benzene rings is 1. The molecule has 1 unspecified atom stereocenters. The SMILES string of the molecule is Cc1ccc2c(Cn3c(=O)ccn([C@@H]4O[C@H](COP(=O)(N=O)OP(=O)(N=O)N=O)[C@H](O)[C@@H]4O)c3=O)noc2c1. The fraction of sp³-hybridized carbons (Fsp3) is 0.389. The maximum absolute atomic E-state index is 13.2. The molecule has 1 aliphatic heterocycles. The number of hydrogen-bond acceptors (Lipinski definition) is 14. The van der Waals surface area contributed by atoms with Crippen LogP contribution in [-0.2, 0) is 29.2 Å². The molecule has 3 heterocycles. The molecule has 3 aromatic rings. The van der Waals surface area contributed by atoms with Crippen molar-refractivity contribution in [2.45, 2.75) is 38.0 Å². The summed E-state index contributed by atoms with van der Waals surface area (Å²) in [4.78, 5) is 63.0. The van der Waals surface area contributed by atoms with Gasteiger partial charge in [0, 0.05) is 32.5 Å². The third kappa shape index (κ3) is 5.60. The van der Waals surface area contributed by atoms with Gasteiger partial charge in [0.05, 0.1) is 13.2 Å². The average molecular weight is 588 g/mol. The van der Waals surface area contributed by atoms with E-state index >= 15 is 0 Å². The van der Waals surface area contributed by atoms with Crippen molar-refractivity contribution in [3.05, 3.63) is 77.3 Å². The van der Waals surface area contributed by atoms with Crippen LogP contribution < -0.4 is 11.2 Å². The van der Waals surface area contributed by atoms with Crippen molar-refractivity contribution in [2.75, 3.05) is 6.61 Å². The molecule has 21 heteroatoms. The molecule has 0 saturated carbocycles. The van der Waals surface area contributed by atoms with Crippen LogP contribution in [0.1, 0.15) is 17.5 Å². The zero-order valence-corrected chi connectivity index (χ0v) is 21.4. The summed E-state index contributed by atoms with van der Waals surface area (Å²) in [6.45, 7) is 0.494. The van der Waals surface area contributed by atoms with E-state index in [2.05, 4.69) is 14.0 Å². The van der Waals surface area contributed by atoms with E-state index in [1.807, 2.05) is 11.9 Å². The van der Waals surface area contributed by atoms with Gasteiger partial charge in [0.25, 0.3) is 5.56 Å². The van der Waals surface area contributed by atoms with Crippen LogP contribution in [-0.4, -0.2) is 49.4 Å². The Balaban J connectivity index is 1.56. The second kappa shape index (κ2) is 10.9. The highest BCUT2D eigenvalue weighted by molar-refractivity contribution is 7.67. The summed E-state index contributed by atoms with van der Waals surface area (Å²) >= 11 is 0. The summed E-state index contributed by atoms with van der Waals surface area (Å²) in [5.74, 6) is 0. The van der Waals surface area contributed by atoms with Crippen LogP contribution in [0.25, 0.3) is 11.0 Å². The first-order valence-corrected chi connectivity index (χ1v) is 13.8. The fourth-order valence-electron chi connectivity index (χ4n) is 3.74. The van der Waals surface area contributed by atoms with Crippen molar-refractivity contribution in [3.8, 4) is 0 Å². The maximum Gasteiger partial charge on any atom is 0.513 e. The van der Waals surface area contributed by atoms with Gasteiger partial charge in [-0.1, -0.05) is 11.2 Å². The van der Waals surface area contributed by atoms with Gasteiger partial charge >= 0.3 is 21.1 Å². The lowest BCUT2D eigenvalue weighted by Gasteiger charge is -2.18. The quantitative estimate of drug-likeness (QED) is 0.238. The predicted octanol–water partition coefficient (Wildman–Crippen LogP) is 1.68. The standard InChI is InChI=1S/C18H18N6O13P2/c1-9-2-3-10-11(19-36-12(10)6-9)7-24-14(25)4-5-23(18(24)28)17-16(27)15(26)13(35-17)8-34-39(33,22-31)37-38(32,20-29)21-30/h2-6,13,15-17,26-27H,7-8H2,1H3/t13-,15+,16+,17-,39?/m1/s1. The monoisotopic (exact) mass is 588 g/mol. The Bertz CT molecular complexity index is 1640. The van der Waals surface area contributed by atoms with Crippen molar-refractivity contribution in [1.29, 1.82) is 0 Å². The summed E-state index contributed by atoms with van der Waals surface area (Å²) in [5, 5.41) is 25.3. The molecule has 0 radical (unpaired) electrons. The number of ether oxygens (including phenoxy) is 1. The molecule has 1 aromatic carbocycles. The molecule has 2 N–H and O–H groups in total. The third-order valence-corrected chi connectivity index (χ3v) is 8.40. The average Bonchev–Trinajstić information content (AvgIpc) is 3.44. The van der Waals surface area contributed by atoms with E-state index in [1.165, 1.54) is 0 Å². The number of aliphatic hydroxyl groups is 2. The number of aliphatic hydroxyl groups excluding tert-OH is 2. The summed E-state index contributed by atoms with van der Waals surface area (Å²) in [5.41, 5.74) is -0.0902. The molecule has 1 saturated heterocycles. The minimum atomic E-state index is -5.31. The lowest BCUT2D eigenvalue weighted by Crippen LogP contribution is -2.43. The lowest BCUT2D eigenvalue weighted by atomic mass is 10.1. The number of aromatic nitrogens is 3. The number of aryl methyl sites for hydroxylation is 1. The van der Waals surface area contributed by atoms with Gasteiger partial charge in [-0.15, -0.1) is 14.7 Å². The van der Waals surface area contributed by atoms with Crippen LogP contribution in [0.4, 0.5) is 0 Å². The molecule has 0 aliphatic carbocycles. The van der Waals surface area contributed by atoms with E-state index in [0.29, 0.717) is 11.0 Å². The van der Waals surface area contributed by atoms with Gasteiger partial charge < -0.3 is 19.5 Å². The molecule has 19 nitrogen and oxygen atoms in total. The Kier molecular flexibility index (Phi) is 7.94. The third-order valence-electron chi connectivity index (χ3n) is 5.63. The molecular formula is C18H18N6O13P2. The second-order valence-electron chi connectivity index (χ2n) is 8.19. The van der Waals surface area contributed by atoms with Crippen LogP contribution in [0.15, 0.2) is 59.4 Å². The Morgan fingerprint density at radius 1 is 1.08 bits per heavy atom. The van der Waals surface area contributed by atoms with Crippen molar-refractivity contribution in [2.24, 2.45) is 14.8 Å². The molecule has 5 atom stereocenters. The van der Waals surface area contributed by atoms with Gasteiger partial charge in [0.15, 0.2) is 11.8 Å². The number of nitroso groups, excluding NO2 is 3. The van der Waals surface area contributed by atoms with Crippen LogP contribution in [0.3, 0.4) is 0 Å². The molecule has 0 amide bonds. The number of fused-ring (bicyclic) bond motifs is 1. The molecule has 1 aliphatic rings. The van der Waals surface area contributed by atoms with Crippen LogP contribution >= 0.6 is 15.4 Å². The molecular weight excluding hydrogens is 570 g/mol. The van der Waals surface area contributed by atoms with Crippen molar-refractivity contribution < 1.29 is 37.4 Å². The summed E-state index contributed by atoms with van der Waals surface area (Å²) in [7, 11) is -10.6. The molecule has 1 fully saturated rings. The zero-order valence-electron chi connectivity index (χ0n) is 19.6. The summed E-state index contributed by atoms with van der Waals surface area (Å²) in [6, 6.07) is 6.21. The first-order valence-electron chi connectivity index (χ1n) is 10.7. The summed E-state index contributed by atoms with van der Waals surface area (Å²) in [6.07, 6.45) is -5.87. The second-order valence-corrected chi connectivity index (χ2v) is 11.5. The molecule has 2 aromatic heterocycles. The van der Waals surface area contributed by atoms with E-state index in [4.69, 9.17) is 9.26 Å². The Hall–Kier alpha value is -3.57. The first-order chi connectivity index (χ1) is 18.4. The number of rotatable bonds is 11. The van der Waals surface area contributed by atoms with E-state index in [9.17, 15) is 43.7 Å². The van der Waals surface area contributed by atoms with Crippen molar-refractivity contribution in [1.82, 2.24) is 14.3 Å². The van der Waals surface area contributed by atoms with Crippen LogP contribution in [0, 0.1) is 21.6 Å². The zero-order chi connectivity index (χ0) is 28.5. The van der Waals surface area contributed by atoms with Gasteiger partial charge in [-0.3, -0.25) is 18.5 Å². The largest absolute Gasteiger partial charge is 0.513 e. The molecule has 39 heavy (non-hydrogen) atoms. The molecule has 0 bridgehead atoms. The van der Waals surface area contributed by atoms with E-state index in [-0.39, 0.29) is 12.2 Å². The number of hydrogen-bond donors (Lipinski definition) is 2. The van der Waals surface area contributed by atoms with Crippen molar-refractivity contribution >= 4 is 26.4 Å². The highest BCUT2D eigenvalue weighted by Gasteiger charge is 2.47. The van der Waals surface area contributed by atoms with Crippen LogP contribution in [0.2, 0.25) is 0 Å². The van der Waals surface area contributed by atoms with Gasteiger partial charge in [-0.2, -0.15) is 4.31 Å². The molecule has 208 valence electrons. The normalized spacial score (nSPS) is 22.9. The van der Waals surface area contributed by atoms with Gasteiger partial charge in [-0.25, -0.2) is 13.9 Å². The number of nitrogens with zero attached hydrogens (tertiary/aromatic N) is 6. The topological polar surface area (TPSA) is 261 Å². The van der Waals surface area contributed by atoms with Gasteiger partial charge in [0.2, 0.25) is 0 Å². The highest BCUT2D eigenvalue weighted by Crippen LogP contribution is 2.66. The highest BCUT2D eigenvalue weighted by atomic mass is 31.3. The maximum atomic E-state index is 13.2. The molecule has 0 spiro atoms. The predicted molar refractivity (Wildman–Crippen MR) is 128 cm³/mol. The van der Waals surface area contributed by atoms with Gasteiger partial charge in [-0.05, 0) is 24.6 Å². The fourth-order valence-corrected chi connectivity index (χ4v) is 5.77. The van der Waals surface area contributed by atoms with Crippen molar-refractivity contribution in [3.63, 3.8) is 0 Å². The summed E-state index contributed by atoms with van der Waals surface area (Å²) < 4.78 is 44.6. The smallest absolute Gasteiger partial charge is 0.387 e. The first kappa shape index (κ1) is 28.4. The van der Waals surface area contributed by atoms with Crippen LogP contribution in [0.5, 0.6) is 0 Å². The molecule has 4 rings (SSSR count). The van der Waals surface area contributed by atoms with Gasteiger partial charge in [0.1, 0.15) is 24.0 Å². The Morgan fingerprint density at radius 2 is 1.79 bits per heavy atom. The Morgan fingerprint density at radius 3 is 2.46 bits per heavy atom. The Labute approximate surface area is 215 Å². The minimum Gasteiger partial charge on any atom is -0.387 e.